The number of fused-ring (bicyclic) bond motifs is 1. The van der Waals surface area contributed by atoms with E-state index >= 15 is 0 Å². The van der Waals surface area contributed by atoms with Crippen molar-refractivity contribution >= 4 is 16.7 Å². The number of alkyl halides is 3. The molecule has 0 amide bonds. The van der Waals surface area contributed by atoms with Crippen molar-refractivity contribution in [1.29, 1.82) is 0 Å². The number of nitrogen functional groups attached to an aromatic ring is 1. The van der Waals surface area contributed by atoms with Gasteiger partial charge in [-0.3, -0.25) is 4.98 Å². The number of nitrogens with two attached hydrogens (primary N) is 1. The standard InChI is InChI=1S/C11H11F3N4/c1-10(2,11(12,13)14)9-17-7-5-16-4-3-6(7)8(15)18-9/h3-5H,1-2H3,(H2,15,17,18). The Balaban J connectivity index is 2.67. The molecule has 0 fully saturated rings. The minimum atomic E-state index is -4.45. The summed E-state index contributed by atoms with van der Waals surface area (Å²) in [5, 5.41) is 0.492. The quantitative estimate of drug-likeness (QED) is 0.851. The molecule has 0 aliphatic heterocycles. The maximum Gasteiger partial charge on any atom is 0.400 e. The molecule has 18 heavy (non-hydrogen) atoms. The molecule has 2 N–H and O–H groups in total. The first-order valence-corrected chi connectivity index (χ1v) is 5.18. The molecule has 2 aromatic heterocycles. The van der Waals surface area contributed by atoms with Gasteiger partial charge in [-0.1, -0.05) is 0 Å². The maximum absolute atomic E-state index is 12.9. The summed E-state index contributed by atoms with van der Waals surface area (Å²) in [4.78, 5) is 11.5. The van der Waals surface area contributed by atoms with Crippen LogP contribution in [0.1, 0.15) is 19.7 Å². The molecular weight excluding hydrogens is 245 g/mol. The van der Waals surface area contributed by atoms with Crippen LogP contribution >= 0.6 is 0 Å². The van der Waals surface area contributed by atoms with Gasteiger partial charge in [0.15, 0.2) is 0 Å². The maximum atomic E-state index is 12.9. The molecule has 0 unspecified atom stereocenters. The third-order valence-corrected chi connectivity index (χ3v) is 2.80. The number of aromatic nitrogens is 3. The van der Waals surface area contributed by atoms with Crippen LogP contribution in [0.25, 0.3) is 10.9 Å². The summed E-state index contributed by atoms with van der Waals surface area (Å²) in [7, 11) is 0. The van der Waals surface area contributed by atoms with E-state index in [0.717, 1.165) is 13.8 Å². The van der Waals surface area contributed by atoms with Crippen LogP contribution in [-0.2, 0) is 5.41 Å². The molecule has 4 nitrogen and oxygen atoms in total. The second kappa shape index (κ2) is 3.79. The lowest BCUT2D eigenvalue weighted by Crippen LogP contribution is -2.38. The molecule has 0 aromatic carbocycles. The lowest BCUT2D eigenvalue weighted by molar-refractivity contribution is -0.182. The summed E-state index contributed by atoms with van der Waals surface area (Å²) in [5.74, 6) is -0.331. The van der Waals surface area contributed by atoms with Crippen molar-refractivity contribution in [3.05, 3.63) is 24.3 Å². The van der Waals surface area contributed by atoms with E-state index in [1.807, 2.05) is 0 Å². The third kappa shape index (κ3) is 1.85. The first kappa shape index (κ1) is 12.5. The van der Waals surface area contributed by atoms with E-state index in [1.165, 1.54) is 12.4 Å². The van der Waals surface area contributed by atoms with Gasteiger partial charge in [0.05, 0.1) is 11.7 Å². The van der Waals surface area contributed by atoms with Crippen molar-refractivity contribution in [2.24, 2.45) is 0 Å². The van der Waals surface area contributed by atoms with Gasteiger partial charge in [-0.05, 0) is 19.9 Å². The van der Waals surface area contributed by atoms with Crippen LogP contribution in [0.4, 0.5) is 19.0 Å². The Labute approximate surface area is 101 Å². The number of nitrogens with zero attached hydrogens (tertiary/aromatic N) is 3. The Bertz CT molecular complexity index is 592. The summed E-state index contributed by atoms with van der Waals surface area (Å²) in [6.45, 7) is 2.04. The molecule has 0 saturated carbocycles. The fourth-order valence-corrected chi connectivity index (χ4v) is 1.41. The van der Waals surface area contributed by atoms with Crippen molar-refractivity contribution in [2.45, 2.75) is 25.4 Å². The molecule has 96 valence electrons. The average molecular weight is 256 g/mol. The number of halogens is 3. The first-order chi connectivity index (χ1) is 8.23. The van der Waals surface area contributed by atoms with E-state index in [1.54, 1.807) is 6.07 Å². The van der Waals surface area contributed by atoms with E-state index in [2.05, 4.69) is 15.0 Å². The largest absolute Gasteiger partial charge is 0.400 e. The minimum Gasteiger partial charge on any atom is -0.383 e. The highest BCUT2D eigenvalue weighted by molar-refractivity contribution is 5.87. The zero-order chi connectivity index (χ0) is 13.6. The third-order valence-electron chi connectivity index (χ3n) is 2.80. The van der Waals surface area contributed by atoms with Crippen LogP contribution in [0.2, 0.25) is 0 Å². The summed E-state index contributed by atoms with van der Waals surface area (Å²) < 4.78 is 38.7. The van der Waals surface area contributed by atoms with Crippen LogP contribution in [0.5, 0.6) is 0 Å². The van der Waals surface area contributed by atoms with Gasteiger partial charge in [0.2, 0.25) is 0 Å². The van der Waals surface area contributed by atoms with Gasteiger partial charge in [-0.25, -0.2) is 9.97 Å². The highest BCUT2D eigenvalue weighted by atomic mass is 19.4. The summed E-state index contributed by atoms with van der Waals surface area (Å²) in [6.07, 6.45) is -1.60. The smallest absolute Gasteiger partial charge is 0.383 e. The molecule has 2 rings (SSSR count). The van der Waals surface area contributed by atoms with E-state index in [9.17, 15) is 13.2 Å². The second-order valence-corrected chi connectivity index (χ2v) is 4.45. The van der Waals surface area contributed by atoms with E-state index in [4.69, 9.17) is 5.73 Å². The zero-order valence-corrected chi connectivity index (χ0v) is 9.78. The Morgan fingerprint density at radius 1 is 1.17 bits per heavy atom. The van der Waals surface area contributed by atoms with E-state index < -0.39 is 11.6 Å². The van der Waals surface area contributed by atoms with Gasteiger partial charge in [-0.2, -0.15) is 13.2 Å². The number of hydrogen-bond donors (Lipinski definition) is 1. The normalized spacial score (nSPS) is 12.9. The average Bonchev–Trinajstić information content (AvgIpc) is 2.27. The first-order valence-electron chi connectivity index (χ1n) is 5.18. The van der Waals surface area contributed by atoms with Crippen molar-refractivity contribution in [3.8, 4) is 0 Å². The molecule has 2 heterocycles. The predicted octanol–water partition coefficient (Wildman–Crippen LogP) is 2.45. The fourth-order valence-electron chi connectivity index (χ4n) is 1.41. The summed E-state index contributed by atoms with van der Waals surface area (Å²) in [6, 6.07) is 1.56. The molecule has 7 heteroatoms. The fraction of sp³-hybridized carbons (Fsp3) is 0.364. The van der Waals surface area contributed by atoms with Crippen molar-refractivity contribution in [3.63, 3.8) is 0 Å². The molecule has 0 spiro atoms. The van der Waals surface area contributed by atoms with Crippen LogP contribution in [0.15, 0.2) is 18.5 Å². The number of hydrogen-bond acceptors (Lipinski definition) is 4. The van der Waals surface area contributed by atoms with Crippen LogP contribution in [-0.4, -0.2) is 21.1 Å². The van der Waals surface area contributed by atoms with Gasteiger partial charge >= 0.3 is 6.18 Å². The summed E-state index contributed by atoms with van der Waals surface area (Å²) in [5.41, 5.74) is 3.79. The van der Waals surface area contributed by atoms with Crippen molar-refractivity contribution in [2.75, 3.05) is 5.73 Å². The van der Waals surface area contributed by atoms with Crippen LogP contribution < -0.4 is 5.73 Å². The second-order valence-electron chi connectivity index (χ2n) is 4.45. The zero-order valence-electron chi connectivity index (χ0n) is 9.78. The molecule has 0 bridgehead atoms. The Hall–Kier alpha value is -1.92. The van der Waals surface area contributed by atoms with Crippen molar-refractivity contribution < 1.29 is 13.2 Å². The Morgan fingerprint density at radius 3 is 2.44 bits per heavy atom. The van der Waals surface area contributed by atoms with Gasteiger partial charge in [-0.15, -0.1) is 0 Å². The molecule has 0 atom stereocenters. The highest BCUT2D eigenvalue weighted by Crippen LogP contribution is 2.39. The van der Waals surface area contributed by atoms with Gasteiger partial charge < -0.3 is 5.73 Å². The minimum absolute atomic E-state index is 0.0229. The molecule has 0 aliphatic carbocycles. The topological polar surface area (TPSA) is 64.7 Å². The number of anilines is 1. The van der Waals surface area contributed by atoms with Gasteiger partial charge in [0.25, 0.3) is 0 Å². The van der Waals surface area contributed by atoms with Crippen LogP contribution in [0, 0.1) is 0 Å². The van der Waals surface area contributed by atoms with Gasteiger partial charge in [0, 0.05) is 11.6 Å². The van der Waals surface area contributed by atoms with Gasteiger partial charge in [0.1, 0.15) is 17.1 Å². The molecule has 0 radical (unpaired) electrons. The molecular formula is C11H11F3N4. The SMILES string of the molecule is CC(C)(c1nc(N)c2ccncc2n1)C(F)(F)F. The molecule has 0 saturated heterocycles. The van der Waals surface area contributed by atoms with E-state index in [0.29, 0.717) is 10.9 Å². The monoisotopic (exact) mass is 256 g/mol. The van der Waals surface area contributed by atoms with E-state index in [-0.39, 0.29) is 11.6 Å². The summed E-state index contributed by atoms with van der Waals surface area (Å²) >= 11 is 0. The number of rotatable bonds is 1. The molecule has 0 aliphatic rings. The molecule has 2 aromatic rings. The van der Waals surface area contributed by atoms with Crippen molar-refractivity contribution in [1.82, 2.24) is 15.0 Å². The predicted molar refractivity (Wildman–Crippen MR) is 60.8 cm³/mol. The Morgan fingerprint density at radius 2 is 1.83 bits per heavy atom. The Kier molecular flexibility index (Phi) is 2.64. The lowest BCUT2D eigenvalue weighted by atomic mass is 9.91. The lowest BCUT2D eigenvalue weighted by Gasteiger charge is -2.26. The number of pyridine rings is 1. The van der Waals surface area contributed by atoms with Crippen LogP contribution in [0.3, 0.4) is 0 Å². The highest BCUT2D eigenvalue weighted by Gasteiger charge is 2.51.